The van der Waals surface area contributed by atoms with Crippen LogP contribution < -0.4 is 10.1 Å². The molecular formula is C11H11NO3. The normalized spacial score (nSPS) is 18.5. The van der Waals surface area contributed by atoms with Gasteiger partial charge in [-0.05, 0) is 6.07 Å². The molecule has 4 nitrogen and oxygen atoms in total. The molecule has 4 heteroatoms. The molecule has 0 saturated carbocycles. The van der Waals surface area contributed by atoms with Crippen molar-refractivity contribution in [3.05, 3.63) is 42.1 Å². The number of rotatable bonds is 3. The number of fused-ring (bicyclic) bond motifs is 1. The zero-order chi connectivity index (χ0) is 10.7. The Morgan fingerprint density at radius 1 is 1.53 bits per heavy atom. The molecule has 0 radical (unpaired) electrons. The zero-order valence-corrected chi connectivity index (χ0v) is 8.01. The topological polar surface area (TPSA) is 58.6 Å². The minimum absolute atomic E-state index is 0.0387. The van der Waals surface area contributed by atoms with E-state index in [0.717, 1.165) is 17.4 Å². The van der Waals surface area contributed by atoms with Crippen LogP contribution in [0.25, 0.3) is 0 Å². The van der Waals surface area contributed by atoms with Crippen LogP contribution in [-0.4, -0.2) is 17.7 Å². The number of carbonyl (C=O) groups is 1. The highest BCUT2D eigenvalue weighted by molar-refractivity contribution is 5.79. The van der Waals surface area contributed by atoms with Crippen LogP contribution in [0.1, 0.15) is 11.6 Å². The van der Waals surface area contributed by atoms with Gasteiger partial charge in [-0.25, -0.2) is 4.79 Å². The molecular weight excluding hydrogens is 194 g/mol. The first-order valence-corrected chi connectivity index (χ1v) is 4.64. The molecule has 1 aliphatic rings. The maximum Gasteiger partial charge on any atom is 0.329 e. The number of ether oxygens (including phenoxy) is 1. The Bertz CT molecular complexity index is 401. The summed E-state index contributed by atoms with van der Waals surface area (Å²) in [6, 6.07) is 7.75. The fourth-order valence-electron chi connectivity index (χ4n) is 1.54. The van der Waals surface area contributed by atoms with Crippen molar-refractivity contribution < 1.29 is 14.6 Å². The summed E-state index contributed by atoms with van der Waals surface area (Å²) in [5.41, 5.74) is 1.06. The van der Waals surface area contributed by atoms with E-state index in [2.05, 4.69) is 5.32 Å². The Kier molecular flexibility index (Phi) is 2.58. The van der Waals surface area contributed by atoms with Crippen LogP contribution in [0.3, 0.4) is 0 Å². The van der Waals surface area contributed by atoms with Crippen molar-refractivity contribution in [2.45, 2.75) is 6.04 Å². The van der Waals surface area contributed by atoms with Crippen LogP contribution in [0.15, 0.2) is 36.5 Å². The van der Waals surface area contributed by atoms with Gasteiger partial charge in [0.25, 0.3) is 0 Å². The fourth-order valence-corrected chi connectivity index (χ4v) is 1.54. The second-order valence-corrected chi connectivity index (χ2v) is 3.24. The van der Waals surface area contributed by atoms with Gasteiger partial charge in [-0.1, -0.05) is 18.2 Å². The first-order valence-electron chi connectivity index (χ1n) is 4.64. The Morgan fingerprint density at radius 3 is 3.13 bits per heavy atom. The molecule has 0 fully saturated rings. The monoisotopic (exact) mass is 205 g/mol. The summed E-state index contributed by atoms with van der Waals surface area (Å²) in [6.45, 7) is 0.531. The third-order valence-corrected chi connectivity index (χ3v) is 2.22. The summed E-state index contributed by atoms with van der Waals surface area (Å²) < 4.78 is 5.42. The number of hydrogen-bond donors (Lipinski definition) is 2. The summed E-state index contributed by atoms with van der Waals surface area (Å²) in [5, 5.41) is 11.4. The Balaban J connectivity index is 2.05. The lowest BCUT2D eigenvalue weighted by atomic mass is 10.1. The number of carboxylic acids is 1. The van der Waals surface area contributed by atoms with Gasteiger partial charge in [-0.15, -0.1) is 0 Å². The lowest BCUT2D eigenvalue weighted by Crippen LogP contribution is -2.16. The minimum Gasteiger partial charge on any atom is -0.491 e. The molecule has 0 bridgehead atoms. The third kappa shape index (κ3) is 2.10. The van der Waals surface area contributed by atoms with Crippen molar-refractivity contribution in [3.63, 3.8) is 0 Å². The van der Waals surface area contributed by atoms with E-state index < -0.39 is 5.97 Å². The summed E-state index contributed by atoms with van der Waals surface area (Å²) in [7, 11) is 0. The number of nitrogens with one attached hydrogen (secondary N) is 1. The van der Waals surface area contributed by atoms with Crippen LogP contribution in [-0.2, 0) is 4.79 Å². The standard InChI is InChI=1S/C11H11NO3/c13-11(14)5-6-12-9-7-15-10-4-2-1-3-8(9)10/h1-6,9,12H,7H2,(H,13,14)/b6-5+. The molecule has 1 aromatic rings. The van der Waals surface area contributed by atoms with E-state index in [0.29, 0.717) is 6.61 Å². The van der Waals surface area contributed by atoms with Crippen molar-refractivity contribution >= 4 is 5.97 Å². The average Bonchev–Trinajstić information content (AvgIpc) is 2.62. The number of para-hydroxylation sites is 1. The van der Waals surface area contributed by atoms with Crippen molar-refractivity contribution in [2.24, 2.45) is 0 Å². The Labute approximate surface area is 87.2 Å². The Hall–Kier alpha value is -1.97. The van der Waals surface area contributed by atoms with Gasteiger partial charge in [-0.2, -0.15) is 0 Å². The van der Waals surface area contributed by atoms with Crippen molar-refractivity contribution in [1.82, 2.24) is 5.32 Å². The van der Waals surface area contributed by atoms with Crippen molar-refractivity contribution in [3.8, 4) is 5.75 Å². The van der Waals surface area contributed by atoms with Gasteiger partial charge >= 0.3 is 5.97 Å². The van der Waals surface area contributed by atoms with Gasteiger partial charge in [0.2, 0.25) is 0 Å². The van der Waals surface area contributed by atoms with Crippen LogP contribution >= 0.6 is 0 Å². The van der Waals surface area contributed by atoms with Crippen LogP contribution in [0.2, 0.25) is 0 Å². The highest BCUT2D eigenvalue weighted by atomic mass is 16.5. The largest absolute Gasteiger partial charge is 0.491 e. The van der Waals surface area contributed by atoms with Crippen molar-refractivity contribution in [1.29, 1.82) is 0 Å². The summed E-state index contributed by atoms with van der Waals surface area (Å²) >= 11 is 0. The maximum atomic E-state index is 10.3. The highest BCUT2D eigenvalue weighted by Gasteiger charge is 2.21. The summed E-state index contributed by atoms with van der Waals surface area (Å²) in [6.07, 6.45) is 2.50. The van der Waals surface area contributed by atoms with Gasteiger partial charge in [0.15, 0.2) is 0 Å². The first-order chi connectivity index (χ1) is 7.27. The predicted molar refractivity (Wildman–Crippen MR) is 54.6 cm³/mol. The molecule has 1 heterocycles. The van der Waals surface area contributed by atoms with Crippen molar-refractivity contribution in [2.75, 3.05) is 6.61 Å². The molecule has 2 rings (SSSR count). The third-order valence-electron chi connectivity index (χ3n) is 2.22. The van der Waals surface area contributed by atoms with Gasteiger partial charge in [0.1, 0.15) is 12.4 Å². The van der Waals surface area contributed by atoms with Gasteiger partial charge in [0.05, 0.1) is 6.04 Å². The van der Waals surface area contributed by atoms with Crippen LogP contribution in [0, 0.1) is 0 Å². The van der Waals surface area contributed by atoms with E-state index in [1.54, 1.807) is 0 Å². The quantitative estimate of drug-likeness (QED) is 0.730. The van der Waals surface area contributed by atoms with E-state index in [9.17, 15) is 4.79 Å². The molecule has 0 saturated heterocycles. The molecule has 78 valence electrons. The lowest BCUT2D eigenvalue weighted by Gasteiger charge is -2.07. The van der Waals surface area contributed by atoms with E-state index in [1.807, 2.05) is 24.3 Å². The molecule has 1 unspecified atom stereocenters. The molecule has 15 heavy (non-hydrogen) atoms. The van der Waals surface area contributed by atoms with E-state index in [-0.39, 0.29) is 6.04 Å². The predicted octanol–water partition coefficient (Wildman–Crippen LogP) is 1.31. The molecule has 0 amide bonds. The smallest absolute Gasteiger partial charge is 0.329 e. The number of benzene rings is 1. The minimum atomic E-state index is -0.963. The van der Waals surface area contributed by atoms with Gasteiger partial charge < -0.3 is 15.2 Å². The molecule has 1 aromatic carbocycles. The highest BCUT2D eigenvalue weighted by Crippen LogP contribution is 2.31. The van der Waals surface area contributed by atoms with E-state index >= 15 is 0 Å². The van der Waals surface area contributed by atoms with E-state index in [4.69, 9.17) is 9.84 Å². The lowest BCUT2D eigenvalue weighted by molar-refractivity contribution is -0.131. The molecule has 0 aliphatic carbocycles. The number of aliphatic carboxylic acids is 1. The summed E-state index contributed by atoms with van der Waals surface area (Å²) in [5.74, 6) is -0.103. The molecule has 1 aliphatic heterocycles. The first kappa shape index (κ1) is 9.58. The number of hydrogen-bond acceptors (Lipinski definition) is 3. The average molecular weight is 205 g/mol. The second kappa shape index (κ2) is 4.04. The molecule has 2 N–H and O–H groups in total. The molecule has 1 atom stereocenters. The molecule has 0 aromatic heterocycles. The SMILES string of the molecule is O=C(O)/C=C/NC1COc2ccccc21. The maximum absolute atomic E-state index is 10.3. The van der Waals surface area contributed by atoms with Crippen LogP contribution in [0.4, 0.5) is 0 Å². The van der Waals surface area contributed by atoms with Gasteiger partial charge in [-0.3, -0.25) is 0 Å². The van der Waals surface area contributed by atoms with Gasteiger partial charge in [0, 0.05) is 17.8 Å². The number of carboxylic acid groups (broad SMARTS) is 1. The molecule has 0 spiro atoms. The summed E-state index contributed by atoms with van der Waals surface area (Å²) in [4.78, 5) is 10.3. The fraction of sp³-hybridized carbons (Fsp3) is 0.182. The van der Waals surface area contributed by atoms with E-state index in [1.165, 1.54) is 6.20 Å². The second-order valence-electron chi connectivity index (χ2n) is 3.24. The Morgan fingerprint density at radius 2 is 2.33 bits per heavy atom. The zero-order valence-electron chi connectivity index (χ0n) is 8.01. The van der Waals surface area contributed by atoms with Crippen LogP contribution in [0.5, 0.6) is 5.75 Å².